The average molecular weight is 569 g/mol. The molecule has 0 saturated carbocycles. The number of thiazole rings is 1. The van der Waals surface area contributed by atoms with Crippen LogP contribution < -0.4 is 29.1 Å². The van der Waals surface area contributed by atoms with Crippen LogP contribution >= 0.6 is 22.9 Å². The summed E-state index contributed by atoms with van der Waals surface area (Å²) in [4.78, 5) is 32.0. The lowest BCUT2D eigenvalue weighted by Gasteiger charge is -2.24. The van der Waals surface area contributed by atoms with Crippen LogP contribution in [0.1, 0.15) is 37.9 Å². The van der Waals surface area contributed by atoms with Crippen molar-refractivity contribution in [1.82, 2.24) is 4.57 Å². The van der Waals surface area contributed by atoms with Gasteiger partial charge in [-0.1, -0.05) is 47.7 Å². The molecule has 2 aromatic carbocycles. The van der Waals surface area contributed by atoms with Crippen LogP contribution in [0.25, 0.3) is 6.08 Å². The Balaban J connectivity index is 1.88. The van der Waals surface area contributed by atoms with Crippen molar-refractivity contribution in [2.75, 3.05) is 26.9 Å². The summed E-state index contributed by atoms with van der Waals surface area (Å²) in [6.07, 6.45) is 3.33. The van der Waals surface area contributed by atoms with Gasteiger partial charge in [-0.25, -0.2) is 9.79 Å². The summed E-state index contributed by atoms with van der Waals surface area (Å²) in [5.74, 6) is 0.996. The number of allylic oxidation sites excluding steroid dienone is 1. The second kappa shape index (κ2) is 12.4. The lowest BCUT2D eigenvalue weighted by Crippen LogP contribution is -2.39. The van der Waals surface area contributed by atoms with Crippen molar-refractivity contribution < 1.29 is 23.7 Å². The molecule has 1 atom stereocenters. The number of ether oxygens (including phenoxy) is 4. The van der Waals surface area contributed by atoms with E-state index < -0.39 is 12.0 Å². The van der Waals surface area contributed by atoms with Gasteiger partial charge in [-0.2, -0.15) is 0 Å². The topological polar surface area (TPSA) is 88.4 Å². The van der Waals surface area contributed by atoms with Crippen molar-refractivity contribution in [2.24, 2.45) is 4.99 Å². The maximum atomic E-state index is 13.8. The molecular weight excluding hydrogens is 540 g/mol. The van der Waals surface area contributed by atoms with Crippen molar-refractivity contribution >= 4 is 35.0 Å². The van der Waals surface area contributed by atoms with E-state index in [4.69, 9.17) is 30.5 Å². The third-order valence-corrected chi connectivity index (χ3v) is 7.18. The highest BCUT2D eigenvalue weighted by Gasteiger charge is 2.33. The van der Waals surface area contributed by atoms with Gasteiger partial charge in [0.2, 0.25) is 0 Å². The van der Waals surface area contributed by atoms with Crippen molar-refractivity contribution in [2.45, 2.75) is 26.8 Å². The Labute approximate surface area is 235 Å². The number of benzene rings is 2. The molecule has 0 aliphatic carbocycles. The Morgan fingerprint density at radius 1 is 1.18 bits per heavy atom. The van der Waals surface area contributed by atoms with E-state index in [0.29, 0.717) is 55.0 Å². The van der Waals surface area contributed by atoms with Crippen LogP contribution in [-0.4, -0.2) is 37.5 Å². The molecule has 3 aromatic rings. The fourth-order valence-corrected chi connectivity index (χ4v) is 5.60. The van der Waals surface area contributed by atoms with E-state index in [1.165, 1.54) is 23.0 Å². The van der Waals surface area contributed by atoms with Crippen LogP contribution in [0.3, 0.4) is 0 Å². The largest absolute Gasteiger partial charge is 0.494 e. The number of fused-ring (bicyclic) bond motifs is 1. The highest BCUT2D eigenvalue weighted by Crippen LogP contribution is 2.37. The smallest absolute Gasteiger partial charge is 0.338 e. The van der Waals surface area contributed by atoms with Crippen LogP contribution in [0.4, 0.5) is 0 Å². The summed E-state index contributed by atoms with van der Waals surface area (Å²) in [5.41, 5.74) is 1.89. The van der Waals surface area contributed by atoms with Crippen LogP contribution in [-0.2, 0) is 9.53 Å². The van der Waals surface area contributed by atoms with Crippen LogP contribution in [0.2, 0.25) is 5.02 Å². The molecule has 0 fully saturated rings. The maximum absolute atomic E-state index is 13.8. The first-order valence-corrected chi connectivity index (χ1v) is 13.6. The number of hydrogen-bond acceptors (Lipinski definition) is 8. The maximum Gasteiger partial charge on any atom is 0.338 e. The van der Waals surface area contributed by atoms with Gasteiger partial charge in [0.15, 0.2) is 16.3 Å². The Morgan fingerprint density at radius 2 is 1.92 bits per heavy atom. The molecule has 39 heavy (non-hydrogen) atoms. The fraction of sp³-hybridized carbons (Fsp3) is 0.276. The minimum absolute atomic E-state index is 0.200. The molecule has 2 heterocycles. The number of aromatic nitrogens is 1. The Hall–Kier alpha value is -3.82. The molecule has 1 aliphatic rings. The second-order valence-corrected chi connectivity index (χ2v) is 9.85. The van der Waals surface area contributed by atoms with Crippen LogP contribution in [0.15, 0.2) is 70.1 Å². The first-order valence-electron chi connectivity index (χ1n) is 12.4. The van der Waals surface area contributed by atoms with E-state index in [9.17, 15) is 9.59 Å². The van der Waals surface area contributed by atoms with Crippen molar-refractivity contribution in [3.63, 3.8) is 0 Å². The third-order valence-electron chi connectivity index (χ3n) is 5.92. The molecule has 1 aromatic heterocycles. The number of carbonyl (C=O) groups is 1. The molecule has 0 amide bonds. The number of carbonyl (C=O) groups excluding carboxylic acids is 1. The minimum Gasteiger partial charge on any atom is -0.494 e. The first-order chi connectivity index (χ1) is 18.8. The molecule has 0 bridgehead atoms. The Kier molecular flexibility index (Phi) is 8.93. The first kappa shape index (κ1) is 28.2. The van der Waals surface area contributed by atoms with Gasteiger partial charge in [0, 0.05) is 0 Å². The molecular formula is C29H29ClN2O6S. The summed E-state index contributed by atoms with van der Waals surface area (Å²) in [5, 5.41) is 0.336. The van der Waals surface area contributed by atoms with E-state index in [-0.39, 0.29) is 18.8 Å². The number of halogens is 1. The normalized spacial score (nSPS) is 14.9. The van der Waals surface area contributed by atoms with Gasteiger partial charge in [-0.15, -0.1) is 0 Å². The highest BCUT2D eigenvalue weighted by atomic mass is 35.5. The predicted molar refractivity (Wildman–Crippen MR) is 152 cm³/mol. The summed E-state index contributed by atoms with van der Waals surface area (Å²) in [6, 6.07) is 10.0. The SMILES string of the molecule is C=CCOc1c(Cl)cc(/C=c2\sc3n(c2=O)[C@@H](c2ccc(OCC)cc2)C(C(=O)OCC)=C(C)N=3)cc1OC. The van der Waals surface area contributed by atoms with E-state index in [1.807, 2.05) is 31.2 Å². The van der Waals surface area contributed by atoms with Gasteiger partial charge >= 0.3 is 5.97 Å². The van der Waals surface area contributed by atoms with E-state index in [1.54, 1.807) is 38.1 Å². The molecule has 0 radical (unpaired) electrons. The van der Waals surface area contributed by atoms with E-state index in [2.05, 4.69) is 11.6 Å². The predicted octanol–water partition coefficient (Wildman–Crippen LogP) is 4.42. The summed E-state index contributed by atoms with van der Waals surface area (Å²) < 4.78 is 24.0. The van der Waals surface area contributed by atoms with Crippen LogP contribution in [0, 0.1) is 0 Å². The zero-order valence-electron chi connectivity index (χ0n) is 22.2. The summed E-state index contributed by atoms with van der Waals surface area (Å²) >= 11 is 7.69. The van der Waals surface area contributed by atoms with Gasteiger partial charge in [0.25, 0.3) is 5.56 Å². The quantitative estimate of drug-likeness (QED) is 0.266. The van der Waals surface area contributed by atoms with Crippen molar-refractivity contribution in [3.05, 3.63) is 96.2 Å². The molecule has 204 valence electrons. The van der Waals surface area contributed by atoms with E-state index in [0.717, 1.165) is 5.56 Å². The Bertz CT molecular complexity index is 1600. The number of nitrogens with zero attached hydrogens (tertiary/aromatic N) is 2. The van der Waals surface area contributed by atoms with Gasteiger partial charge in [-0.3, -0.25) is 9.36 Å². The van der Waals surface area contributed by atoms with E-state index >= 15 is 0 Å². The lowest BCUT2D eigenvalue weighted by molar-refractivity contribution is -0.139. The zero-order valence-corrected chi connectivity index (χ0v) is 23.7. The molecule has 10 heteroatoms. The fourth-order valence-electron chi connectivity index (χ4n) is 4.28. The number of hydrogen-bond donors (Lipinski definition) is 0. The standard InChI is InChI=1S/C29H29ClN2O6S/c1-6-13-38-26-21(30)14-18(15-22(26)35-5)16-23-27(33)32-25(19-9-11-20(12-10-19)36-7-2)24(28(34)37-8-3)17(4)31-29(32)39-23/h6,9-12,14-16,25H,1,7-8,13H2,2-5H3/b23-16-/t25-/m0/s1. The number of rotatable bonds is 10. The molecule has 0 spiro atoms. The molecule has 0 N–H and O–H groups in total. The van der Waals surface area contributed by atoms with Gasteiger partial charge in [0.1, 0.15) is 12.4 Å². The highest BCUT2D eigenvalue weighted by molar-refractivity contribution is 7.07. The lowest BCUT2D eigenvalue weighted by atomic mass is 9.96. The monoisotopic (exact) mass is 568 g/mol. The molecule has 8 nitrogen and oxygen atoms in total. The van der Waals surface area contributed by atoms with Crippen molar-refractivity contribution in [3.8, 4) is 17.2 Å². The molecule has 1 aliphatic heterocycles. The Morgan fingerprint density at radius 3 is 2.56 bits per heavy atom. The number of esters is 1. The molecule has 0 saturated heterocycles. The average Bonchev–Trinajstić information content (AvgIpc) is 3.21. The summed E-state index contributed by atoms with van der Waals surface area (Å²) in [7, 11) is 1.51. The molecule has 0 unspecified atom stereocenters. The van der Waals surface area contributed by atoms with Crippen LogP contribution in [0.5, 0.6) is 17.2 Å². The van der Waals surface area contributed by atoms with Gasteiger partial charge in [0.05, 0.1) is 47.2 Å². The molecule has 4 rings (SSSR count). The zero-order chi connectivity index (χ0) is 28.1. The number of methoxy groups -OCH3 is 1. The second-order valence-electron chi connectivity index (χ2n) is 8.44. The van der Waals surface area contributed by atoms with Gasteiger partial charge in [-0.05, 0) is 62.2 Å². The van der Waals surface area contributed by atoms with Gasteiger partial charge < -0.3 is 18.9 Å². The summed E-state index contributed by atoms with van der Waals surface area (Å²) in [6.45, 7) is 10.0. The minimum atomic E-state index is -0.717. The van der Waals surface area contributed by atoms with Crippen molar-refractivity contribution in [1.29, 1.82) is 0 Å². The third kappa shape index (κ3) is 5.79.